The summed E-state index contributed by atoms with van der Waals surface area (Å²) in [5, 5.41) is 1.81. The van der Waals surface area contributed by atoms with Gasteiger partial charge in [-0.25, -0.2) is 4.79 Å². The van der Waals surface area contributed by atoms with E-state index in [1.54, 1.807) is 49.6 Å². The molecule has 0 unspecified atom stereocenters. The van der Waals surface area contributed by atoms with Gasteiger partial charge < -0.3 is 9.47 Å². The number of allylic oxidation sites excluding steroid dienone is 1. The zero-order chi connectivity index (χ0) is 18.4. The number of methoxy groups -OCH3 is 1. The quantitative estimate of drug-likeness (QED) is 0.271. The second-order valence-electron chi connectivity index (χ2n) is 5.33. The van der Waals surface area contributed by atoms with Crippen LogP contribution in [0.25, 0.3) is 6.08 Å². The smallest absolute Gasteiger partial charge is 0.353 e. The van der Waals surface area contributed by atoms with Crippen molar-refractivity contribution in [1.29, 1.82) is 0 Å². The van der Waals surface area contributed by atoms with Crippen LogP contribution in [0.1, 0.15) is 25.6 Å². The predicted octanol–water partition coefficient (Wildman–Crippen LogP) is 4.87. The summed E-state index contributed by atoms with van der Waals surface area (Å²) in [4.78, 5) is 24.7. The summed E-state index contributed by atoms with van der Waals surface area (Å²) >= 11 is 1.32. The molecule has 0 aliphatic rings. The fourth-order valence-corrected chi connectivity index (χ4v) is 2.90. The summed E-state index contributed by atoms with van der Waals surface area (Å²) in [5.74, 6) is 0.545. The molecule has 0 spiro atoms. The number of carbonyl (C=O) groups is 2. The molecule has 26 heavy (non-hydrogen) atoms. The lowest BCUT2D eigenvalue weighted by Gasteiger charge is -2.04. The first-order chi connectivity index (χ1) is 12.7. The monoisotopic (exact) mass is 364 g/mol. The van der Waals surface area contributed by atoms with Gasteiger partial charge in [-0.15, -0.1) is 11.3 Å². The van der Waals surface area contributed by atoms with E-state index in [2.05, 4.69) is 0 Å². The average molecular weight is 364 g/mol. The van der Waals surface area contributed by atoms with Crippen LogP contribution >= 0.6 is 11.3 Å². The van der Waals surface area contributed by atoms with Crippen LogP contribution in [0.4, 0.5) is 0 Å². The van der Waals surface area contributed by atoms with Crippen molar-refractivity contribution in [2.45, 2.75) is 0 Å². The van der Waals surface area contributed by atoms with Gasteiger partial charge in [-0.3, -0.25) is 4.79 Å². The Balaban J connectivity index is 1.67. The summed E-state index contributed by atoms with van der Waals surface area (Å²) < 4.78 is 10.5. The highest BCUT2D eigenvalue weighted by molar-refractivity contribution is 7.12. The van der Waals surface area contributed by atoms with Gasteiger partial charge in [-0.2, -0.15) is 0 Å². The van der Waals surface area contributed by atoms with Crippen molar-refractivity contribution in [1.82, 2.24) is 0 Å². The molecular formula is C21H16O4S. The van der Waals surface area contributed by atoms with E-state index < -0.39 is 5.97 Å². The van der Waals surface area contributed by atoms with E-state index in [0.717, 1.165) is 5.56 Å². The number of rotatable bonds is 6. The van der Waals surface area contributed by atoms with Gasteiger partial charge in [-0.05, 0) is 53.9 Å². The van der Waals surface area contributed by atoms with E-state index in [1.165, 1.54) is 17.4 Å². The number of benzene rings is 2. The topological polar surface area (TPSA) is 52.6 Å². The molecule has 0 fully saturated rings. The third-order valence-electron chi connectivity index (χ3n) is 3.62. The third-order valence-corrected chi connectivity index (χ3v) is 4.47. The maximum atomic E-state index is 12.3. The Kier molecular flexibility index (Phi) is 5.61. The Morgan fingerprint density at radius 1 is 0.962 bits per heavy atom. The Morgan fingerprint density at radius 3 is 2.42 bits per heavy atom. The first-order valence-electron chi connectivity index (χ1n) is 7.88. The number of ketones is 1. The van der Waals surface area contributed by atoms with Crippen LogP contribution < -0.4 is 9.47 Å². The minimum atomic E-state index is -0.407. The van der Waals surface area contributed by atoms with E-state index >= 15 is 0 Å². The SMILES string of the molecule is COc1ccccc1C=CC(=O)c1ccc(OC(=O)c2cccs2)cc1. The van der Waals surface area contributed by atoms with Gasteiger partial charge in [-0.1, -0.05) is 24.3 Å². The molecular weight excluding hydrogens is 348 g/mol. The van der Waals surface area contributed by atoms with Crippen molar-refractivity contribution >= 4 is 29.2 Å². The minimum Gasteiger partial charge on any atom is -0.496 e. The van der Waals surface area contributed by atoms with Gasteiger partial charge >= 0.3 is 5.97 Å². The van der Waals surface area contributed by atoms with E-state index in [9.17, 15) is 9.59 Å². The lowest BCUT2D eigenvalue weighted by atomic mass is 10.1. The number of hydrogen-bond donors (Lipinski definition) is 0. The lowest BCUT2D eigenvalue weighted by Crippen LogP contribution is -2.06. The van der Waals surface area contributed by atoms with Gasteiger partial charge in [0.1, 0.15) is 16.4 Å². The van der Waals surface area contributed by atoms with E-state index in [-0.39, 0.29) is 5.78 Å². The Hall–Kier alpha value is -3.18. The zero-order valence-corrected chi connectivity index (χ0v) is 14.9. The van der Waals surface area contributed by atoms with Crippen molar-refractivity contribution in [2.24, 2.45) is 0 Å². The molecule has 0 aliphatic heterocycles. The molecule has 0 atom stereocenters. The van der Waals surface area contributed by atoms with Gasteiger partial charge in [0.2, 0.25) is 0 Å². The Labute approximate surface area is 155 Å². The largest absolute Gasteiger partial charge is 0.496 e. The van der Waals surface area contributed by atoms with Crippen molar-refractivity contribution in [3.05, 3.63) is 88.1 Å². The minimum absolute atomic E-state index is 0.146. The molecule has 0 amide bonds. The van der Waals surface area contributed by atoms with Crippen molar-refractivity contribution < 1.29 is 19.1 Å². The van der Waals surface area contributed by atoms with Crippen LogP contribution in [-0.2, 0) is 0 Å². The number of ether oxygens (including phenoxy) is 2. The highest BCUT2D eigenvalue weighted by Gasteiger charge is 2.10. The predicted molar refractivity (Wildman–Crippen MR) is 102 cm³/mol. The van der Waals surface area contributed by atoms with Crippen LogP contribution in [0.3, 0.4) is 0 Å². The molecule has 1 aromatic heterocycles. The van der Waals surface area contributed by atoms with Gasteiger partial charge in [0.25, 0.3) is 0 Å². The molecule has 5 heteroatoms. The van der Waals surface area contributed by atoms with Crippen LogP contribution in [0, 0.1) is 0 Å². The van der Waals surface area contributed by atoms with E-state index in [1.807, 2.05) is 29.6 Å². The fraction of sp³-hybridized carbons (Fsp3) is 0.0476. The molecule has 4 nitrogen and oxygen atoms in total. The van der Waals surface area contributed by atoms with Crippen LogP contribution in [0.2, 0.25) is 0 Å². The third kappa shape index (κ3) is 4.26. The first kappa shape index (κ1) is 17.6. The fourth-order valence-electron chi connectivity index (χ4n) is 2.31. The Morgan fingerprint density at radius 2 is 1.73 bits per heavy atom. The summed E-state index contributed by atoms with van der Waals surface area (Å²) in [6.07, 6.45) is 3.20. The lowest BCUT2D eigenvalue weighted by molar-refractivity contribution is 0.0740. The van der Waals surface area contributed by atoms with Crippen LogP contribution in [0.15, 0.2) is 72.1 Å². The second-order valence-corrected chi connectivity index (χ2v) is 6.28. The average Bonchev–Trinajstić information content (AvgIpc) is 3.22. The van der Waals surface area contributed by atoms with Crippen molar-refractivity contribution in [3.8, 4) is 11.5 Å². The molecule has 0 radical (unpaired) electrons. The standard InChI is InChI=1S/C21H16O4S/c1-24-19-6-3-2-5-16(19)10-13-18(22)15-8-11-17(12-9-15)25-21(23)20-7-4-14-26-20/h2-14H,1H3. The molecule has 3 rings (SSSR count). The zero-order valence-electron chi connectivity index (χ0n) is 14.0. The number of carbonyl (C=O) groups excluding carboxylic acids is 2. The highest BCUT2D eigenvalue weighted by atomic mass is 32.1. The van der Waals surface area contributed by atoms with Gasteiger partial charge in [0.15, 0.2) is 5.78 Å². The molecule has 3 aromatic rings. The maximum Gasteiger partial charge on any atom is 0.353 e. The summed E-state index contributed by atoms with van der Waals surface area (Å²) in [5.41, 5.74) is 1.33. The number of hydrogen-bond acceptors (Lipinski definition) is 5. The Bertz CT molecular complexity index is 925. The molecule has 0 N–H and O–H groups in total. The number of para-hydroxylation sites is 1. The van der Waals surface area contributed by atoms with Crippen LogP contribution in [-0.4, -0.2) is 18.9 Å². The second kappa shape index (κ2) is 8.27. The van der Waals surface area contributed by atoms with Gasteiger partial charge in [0.05, 0.1) is 7.11 Å². The summed E-state index contributed by atoms with van der Waals surface area (Å²) in [6, 6.07) is 17.4. The van der Waals surface area contributed by atoms with E-state index in [4.69, 9.17) is 9.47 Å². The molecule has 1 heterocycles. The molecule has 0 bridgehead atoms. The molecule has 0 aliphatic carbocycles. The van der Waals surface area contributed by atoms with E-state index in [0.29, 0.717) is 21.9 Å². The van der Waals surface area contributed by atoms with Crippen LogP contribution in [0.5, 0.6) is 11.5 Å². The first-order valence-corrected chi connectivity index (χ1v) is 8.76. The van der Waals surface area contributed by atoms with Crippen molar-refractivity contribution in [3.63, 3.8) is 0 Å². The normalized spacial score (nSPS) is 10.7. The van der Waals surface area contributed by atoms with Gasteiger partial charge in [0, 0.05) is 11.1 Å². The van der Waals surface area contributed by atoms with Crippen molar-refractivity contribution in [2.75, 3.05) is 7.11 Å². The molecule has 130 valence electrons. The molecule has 0 saturated heterocycles. The summed E-state index contributed by atoms with van der Waals surface area (Å²) in [7, 11) is 1.59. The summed E-state index contributed by atoms with van der Waals surface area (Å²) in [6.45, 7) is 0. The number of thiophene rings is 1. The highest BCUT2D eigenvalue weighted by Crippen LogP contribution is 2.20. The maximum absolute atomic E-state index is 12.3. The number of esters is 1. The molecule has 0 saturated carbocycles. The molecule has 2 aromatic carbocycles.